The fourth-order valence-corrected chi connectivity index (χ4v) is 5.80. The summed E-state index contributed by atoms with van der Waals surface area (Å²) in [7, 11) is 5.70. The Kier molecular flexibility index (Phi) is 9.53. The lowest BCUT2D eigenvalue weighted by atomic mass is 9.88. The van der Waals surface area contributed by atoms with E-state index in [4.69, 9.17) is 16.3 Å². The van der Waals surface area contributed by atoms with E-state index >= 15 is 0 Å². The standard InChI is InChI=1S/C30H40ClN5O3/c1-6-35(13-14-39-5)30(38)33-28(20(2)25-17-32-26-10-8-7-9-24(25)26)29(37)36-19-21(18-34(3)4)15-22-16-23(31)11-12-27(22)36/h7-12,16-17,20-21,28,32H,6,13-15,18-19H2,1-5H3,(H,33,38)/t20?,21-,28?/m1/s1. The monoisotopic (exact) mass is 553 g/mol. The quantitative estimate of drug-likeness (QED) is 0.380. The first-order valence-electron chi connectivity index (χ1n) is 13.6. The van der Waals surface area contributed by atoms with Gasteiger partial charge in [-0.15, -0.1) is 0 Å². The van der Waals surface area contributed by atoms with Gasteiger partial charge in [0, 0.05) is 67.0 Å². The lowest BCUT2D eigenvalue weighted by molar-refractivity contribution is -0.121. The van der Waals surface area contributed by atoms with Gasteiger partial charge in [0.15, 0.2) is 0 Å². The Bertz CT molecular complexity index is 1290. The van der Waals surface area contributed by atoms with Crippen LogP contribution in [0.4, 0.5) is 10.5 Å². The molecule has 4 rings (SSSR count). The van der Waals surface area contributed by atoms with Crippen molar-refractivity contribution in [1.29, 1.82) is 0 Å². The summed E-state index contributed by atoms with van der Waals surface area (Å²) in [6, 6.07) is 12.7. The smallest absolute Gasteiger partial charge is 0.318 e. The van der Waals surface area contributed by atoms with Crippen molar-refractivity contribution in [1.82, 2.24) is 20.1 Å². The molecule has 0 saturated heterocycles. The first-order chi connectivity index (χ1) is 18.7. The number of H-pyrrole nitrogens is 1. The number of fused-ring (bicyclic) bond motifs is 2. The first-order valence-corrected chi connectivity index (χ1v) is 14.0. The van der Waals surface area contributed by atoms with Gasteiger partial charge in [0.1, 0.15) is 6.04 Å². The van der Waals surface area contributed by atoms with E-state index in [0.717, 1.165) is 40.7 Å². The molecule has 1 aliphatic heterocycles. The molecule has 210 valence electrons. The first kappa shape index (κ1) is 28.9. The Morgan fingerprint density at radius 2 is 2.00 bits per heavy atom. The van der Waals surface area contributed by atoms with Crippen LogP contribution in [-0.2, 0) is 16.0 Å². The molecule has 0 aliphatic carbocycles. The SMILES string of the molecule is CCN(CCOC)C(=O)NC(C(=O)N1C[C@@H](CN(C)C)Cc2cc(Cl)ccc21)C(C)c1c[nH]c2ccccc12. The van der Waals surface area contributed by atoms with Crippen LogP contribution in [0.2, 0.25) is 5.02 Å². The number of nitrogens with zero attached hydrogens (tertiary/aromatic N) is 3. The lowest BCUT2D eigenvalue weighted by Crippen LogP contribution is -2.56. The number of methoxy groups -OCH3 is 1. The van der Waals surface area contributed by atoms with Gasteiger partial charge in [-0.25, -0.2) is 4.79 Å². The average molecular weight is 554 g/mol. The fraction of sp³-hybridized carbons (Fsp3) is 0.467. The molecule has 8 nitrogen and oxygen atoms in total. The van der Waals surface area contributed by atoms with Gasteiger partial charge in [0.25, 0.3) is 0 Å². The molecular formula is C30H40ClN5O3. The number of aromatic nitrogens is 1. The van der Waals surface area contributed by atoms with Crippen LogP contribution in [0.25, 0.3) is 10.9 Å². The van der Waals surface area contributed by atoms with Crippen molar-refractivity contribution >= 4 is 40.1 Å². The zero-order chi connectivity index (χ0) is 28.1. The third kappa shape index (κ3) is 6.57. The van der Waals surface area contributed by atoms with E-state index < -0.39 is 6.04 Å². The maximum absolute atomic E-state index is 14.5. The van der Waals surface area contributed by atoms with Crippen LogP contribution in [0.15, 0.2) is 48.7 Å². The molecule has 0 radical (unpaired) electrons. The molecule has 39 heavy (non-hydrogen) atoms. The number of hydrogen-bond donors (Lipinski definition) is 2. The van der Waals surface area contributed by atoms with Crippen LogP contribution in [0, 0.1) is 5.92 Å². The zero-order valence-corrected chi connectivity index (χ0v) is 24.3. The normalized spacial score (nSPS) is 16.7. The van der Waals surface area contributed by atoms with Crippen molar-refractivity contribution in [3.63, 3.8) is 0 Å². The largest absolute Gasteiger partial charge is 0.383 e. The summed E-state index contributed by atoms with van der Waals surface area (Å²) in [6.45, 7) is 6.71. The molecule has 3 aromatic rings. The summed E-state index contributed by atoms with van der Waals surface area (Å²) in [6.07, 6.45) is 2.79. The zero-order valence-electron chi connectivity index (χ0n) is 23.5. The van der Waals surface area contributed by atoms with Gasteiger partial charge in [0.05, 0.1) is 6.61 Å². The molecule has 2 unspecified atom stereocenters. The molecule has 0 bridgehead atoms. The van der Waals surface area contributed by atoms with E-state index in [2.05, 4.69) is 15.2 Å². The number of halogens is 1. The predicted molar refractivity (Wildman–Crippen MR) is 158 cm³/mol. The second kappa shape index (κ2) is 12.9. The van der Waals surface area contributed by atoms with Gasteiger partial charge >= 0.3 is 6.03 Å². The van der Waals surface area contributed by atoms with Crippen LogP contribution in [0.1, 0.15) is 30.9 Å². The van der Waals surface area contributed by atoms with E-state index in [1.54, 1.807) is 12.0 Å². The van der Waals surface area contributed by atoms with Gasteiger partial charge in [-0.3, -0.25) is 4.79 Å². The fourth-order valence-electron chi connectivity index (χ4n) is 5.61. The number of rotatable bonds is 10. The summed E-state index contributed by atoms with van der Waals surface area (Å²) in [4.78, 5) is 37.0. The van der Waals surface area contributed by atoms with Crippen LogP contribution < -0.4 is 10.2 Å². The van der Waals surface area contributed by atoms with Crippen LogP contribution in [0.3, 0.4) is 0 Å². The Balaban J connectivity index is 1.72. The van der Waals surface area contributed by atoms with Gasteiger partial charge in [-0.05, 0) is 68.8 Å². The summed E-state index contributed by atoms with van der Waals surface area (Å²) in [5.41, 5.74) is 3.89. The van der Waals surface area contributed by atoms with Crippen molar-refractivity contribution < 1.29 is 14.3 Å². The van der Waals surface area contributed by atoms with Crippen molar-refractivity contribution in [3.8, 4) is 0 Å². The number of ether oxygens (including phenoxy) is 1. The Labute approximate surface area is 236 Å². The summed E-state index contributed by atoms with van der Waals surface area (Å²) < 4.78 is 5.20. The van der Waals surface area contributed by atoms with E-state index in [0.29, 0.717) is 31.3 Å². The summed E-state index contributed by atoms with van der Waals surface area (Å²) in [5, 5.41) is 4.81. The number of urea groups is 1. The van der Waals surface area contributed by atoms with Crippen LogP contribution in [0.5, 0.6) is 0 Å². The summed E-state index contributed by atoms with van der Waals surface area (Å²) in [5.74, 6) is -0.178. The average Bonchev–Trinajstić information content (AvgIpc) is 3.34. The second-order valence-corrected chi connectivity index (χ2v) is 11.1. The van der Waals surface area contributed by atoms with E-state index in [1.165, 1.54) is 0 Å². The number of aromatic amines is 1. The van der Waals surface area contributed by atoms with E-state index in [9.17, 15) is 9.59 Å². The molecule has 2 heterocycles. The highest BCUT2D eigenvalue weighted by Crippen LogP contribution is 2.35. The van der Waals surface area contributed by atoms with Gasteiger partial charge in [-0.1, -0.05) is 36.7 Å². The molecule has 9 heteroatoms. The number of benzene rings is 2. The minimum Gasteiger partial charge on any atom is -0.383 e. The number of nitrogens with one attached hydrogen (secondary N) is 2. The molecule has 3 atom stereocenters. The highest BCUT2D eigenvalue weighted by atomic mass is 35.5. The van der Waals surface area contributed by atoms with Gasteiger partial charge in [0.2, 0.25) is 5.91 Å². The van der Waals surface area contributed by atoms with Crippen molar-refractivity contribution in [3.05, 3.63) is 64.8 Å². The molecule has 0 saturated carbocycles. The number of anilines is 1. The number of hydrogen-bond acceptors (Lipinski definition) is 4. The predicted octanol–water partition coefficient (Wildman–Crippen LogP) is 4.74. The van der Waals surface area contributed by atoms with Crippen LogP contribution >= 0.6 is 11.6 Å². The number of carbonyl (C=O) groups excluding carboxylic acids is 2. The molecule has 1 aromatic heterocycles. The molecule has 0 fully saturated rings. The highest BCUT2D eigenvalue weighted by molar-refractivity contribution is 6.30. The van der Waals surface area contributed by atoms with E-state index in [-0.39, 0.29) is 23.8 Å². The maximum atomic E-state index is 14.5. The number of para-hydroxylation sites is 1. The molecule has 1 aliphatic rings. The molecular weight excluding hydrogens is 514 g/mol. The van der Waals surface area contributed by atoms with Crippen molar-refractivity contribution in [2.75, 3.05) is 58.9 Å². The lowest BCUT2D eigenvalue weighted by Gasteiger charge is -2.39. The minimum absolute atomic E-state index is 0.129. The second-order valence-electron chi connectivity index (χ2n) is 10.6. The summed E-state index contributed by atoms with van der Waals surface area (Å²) >= 11 is 6.36. The third-order valence-electron chi connectivity index (χ3n) is 7.56. The minimum atomic E-state index is -0.782. The van der Waals surface area contributed by atoms with E-state index in [1.807, 2.05) is 81.5 Å². The third-order valence-corrected chi connectivity index (χ3v) is 7.80. The Hall–Kier alpha value is -3.07. The number of carbonyl (C=O) groups is 2. The molecule has 3 amide bonds. The number of amides is 3. The molecule has 0 spiro atoms. The van der Waals surface area contributed by atoms with Crippen molar-refractivity contribution in [2.45, 2.75) is 32.2 Å². The van der Waals surface area contributed by atoms with Gasteiger partial charge in [-0.2, -0.15) is 0 Å². The van der Waals surface area contributed by atoms with Gasteiger partial charge < -0.3 is 29.7 Å². The molecule has 2 aromatic carbocycles. The maximum Gasteiger partial charge on any atom is 0.318 e. The highest BCUT2D eigenvalue weighted by Gasteiger charge is 2.37. The Morgan fingerprint density at radius 1 is 1.23 bits per heavy atom. The molecule has 2 N–H and O–H groups in total. The van der Waals surface area contributed by atoms with Crippen LogP contribution in [-0.4, -0.2) is 86.8 Å². The Morgan fingerprint density at radius 3 is 2.72 bits per heavy atom. The number of likely N-dealkylation sites (N-methyl/N-ethyl adjacent to an activating group) is 1. The van der Waals surface area contributed by atoms with Crippen molar-refractivity contribution in [2.24, 2.45) is 5.92 Å². The topological polar surface area (TPSA) is 80.9 Å².